The normalized spacial score (nSPS) is 15.1. The molecule has 1 amide bonds. The van der Waals surface area contributed by atoms with Gasteiger partial charge >= 0.3 is 0 Å². The number of carbonyl (C=O) groups is 2. The first-order chi connectivity index (χ1) is 21.0. The van der Waals surface area contributed by atoms with Crippen molar-refractivity contribution in [2.45, 2.75) is 45.6 Å². The minimum Gasteiger partial charge on any atom is -0.336 e. The molecule has 3 N–H and O–H groups in total. The molecule has 6 heterocycles. The van der Waals surface area contributed by atoms with Crippen LogP contribution in [0.4, 0.5) is 10.1 Å². The molecule has 1 saturated carbocycles. The number of anilines is 1. The fourth-order valence-electron chi connectivity index (χ4n) is 5.67. The molecular formula is C31H27FN8O2S. The van der Waals surface area contributed by atoms with Gasteiger partial charge in [0, 0.05) is 35.6 Å². The van der Waals surface area contributed by atoms with Gasteiger partial charge in [-0.25, -0.2) is 9.37 Å². The number of carbonyl (C=O) groups excluding carboxylic acids is 2. The van der Waals surface area contributed by atoms with E-state index >= 15 is 4.39 Å². The molecule has 5 aromatic heterocycles. The highest BCUT2D eigenvalue weighted by Crippen LogP contribution is 2.34. The molecule has 0 unspecified atom stereocenters. The number of ketones is 1. The maximum atomic E-state index is 16.4. The standard InChI is InChI=1S/C31H27FN8O2S/c1-16(41)23-7-8-24(43-23)28-27-21(9-10-34-28)38-30(39-27)29-25-22(15-36-40-29)35-14-20(26(25)32)18-11-19(13-33-12-18)37-31(42)17-5-3-2-4-6-17/h7-14,17,36H,2-6,15H2,1H3,(H,37,42)(H,38,39). The van der Waals surface area contributed by atoms with Crippen LogP contribution >= 0.6 is 11.3 Å². The van der Waals surface area contributed by atoms with E-state index in [2.05, 4.69) is 35.8 Å². The lowest BCUT2D eigenvalue weighted by atomic mass is 9.88. The topological polar surface area (TPSA) is 138 Å². The number of nitrogens with one attached hydrogen (secondary N) is 3. The van der Waals surface area contributed by atoms with Crippen molar-refractivity contribution in [2.24, 2.45) is 11.0 Å². The number of H-pyrrole nitrogens is 1. The van der Waals surface area contributed by atoms with E-state index in [-0.39, 0.29) is 41.0 Å². The lowest BCUT2D eigenvalue weighted by Crippen LogP contribution is -2.25. The Morgan fingerprint density at radius 2 is 1.93 bits per heavy atom. The Morgan fingerprint density at radius 3 is 2.74 bits per heavy atom. The number of aromatic nitrogens is 5. The Morgan fingerprint density at radius 1 is 1.07 bits per heavy atom. The van der Waals surface area contributed by atoms with E-state index in [4.69, 9.17) is 4.98 Å². The van der Waals surface area contributed by atoms with Crippen molar-refractivity contribution < 1.29 is 14.0 Å². The number of fused-ring (bicyclic) bond motifs is 2. The van der Waals surface area contributed by atoms with Crippen LogP contribution in [0.2, 0.25) is 0 Å². The van der Waals surface area contributed by atoms with Gasteiger partial charge in [0.15, 0.2) is 11.6 Å². The number of pyridine rings is 3. The molecule has 7 rings (SSSR count). The summed E-state index contributed by atoms with van der Waals surface area (Å²) in [5.74, 6) is -0.212. The Balaban J connectivity index is 1.24. The van der Waals surface area contributed by atoms with Crippen molar-refractivity contribution in [3.8, 4) is 21.7 Å². The van der Waals surface area contributed by atoms with Gasteiger partial charge in [-0.3, -0.25) is 24.5 Å². The van der Waals surface area contributed by atoms with Gasteiger partial charge < -0.3 is 15.7 Å². The second-order valence-electron chi connectivity index (χ2n) is 10.8. The molecule has 0 atom stereocenters. The van der Waals surface area contributed by atoms with Crippen LogP contribution in [0, 0.1) is 11.7 Å². The smallest absolute Gasteiger partial charge is 0.227 e. The number of imidazole rings is 1. The summed E-state index contributed by atoms with van der Waals surface area (Å²) in [4.78, 5) is 47.5. The number of amides is 1. The summed E-state index contributed by atoms with van der Waals surface area (Å²) >= 11 is 1.35. The zero-order chi connectivity index (χ0) is 29.5. The van der Waals surface area contributed by atoms with E-state index in [9.17, 15) is 9.59 Å². The lowest BCUT2D eigenvalue weighted by molar-refractivity contribution is -0.120. The number of nitrogens with zero attached hydrogens (tertiary/aromatic N) is 5. The molecule has 0 radical (unpaired) electrons. The molecule has 43 heavy (non-hydrogen) atoms. The van der Waals surface area contributed by atoms with Crippen LogP contribution in [0.5, 0.6) is 0 Å². The molecule has 0 saturated heterocycles. The van der Waals surface area contributed by atoms with Crippen LogP contribution in [0.15, 0.2) is 54.2 Å². The zero-order valence-electron chi connectivity index (χ0n) is 23.3. The number of thiophene rings is 1. The summed E-state index contributed by atoms with van der Waals surface area (Å²) in [7, 11) is 0. The van der Waals surface area contributed by atoms with Crippen molar-refractivity contribution in [2.75, 3.05) is 5.32 Å². The minimum absolute atomic E-state index is 0.0126. The molecule has 10 nitrogen and oxygen atoms in total. The van der Waals surface area contributed by atoms with Gasteiger partial charge in [0.2, 0.25) is 5.91 Å². The molecule has 216 valence electrons. The molecule has 1 aliphatic carbocycles. The number of hydrogen-bond acceptors (Lipinski definition) is 9. The van der Waals surface area contributed by atoms with Crippen LogP contribution in [0.25, 0.3) is 32.7 Å². The number of Topliss-reactive ketones (excluding diaryl/α,β-unsaturated/α-hetero) is 1. The van der Waals surface area contributed by atoms with E-state index in [1.807, 2.05) is 6.07 Å². The van der Waals surface area contributed by atoms with Crippen LogP contribution in [-0.2, 0) is 11.3 Å². The van der Waals surface area contributed by atoms with Crippen molar-refractivity contribution in [3.05, 3.63) is 76.8 Å². The van der Waals surface area contributed by atoms with E-state index < -0.39 is 5.82 Å². The number of aromatic amines is 1. The van der Waals surface area contributed by atoms with Crippen LogP contribution in [0.1, 0.15) is 65.8 Å². The van der Waals surface area contributed by atoms with E-state index in [0.29, 0.717) is 44.4 Å². The monoisotopic (exact) mass is 594 g/mol. The molecule has 5 aromatic rings. The van der Waals surface area contributed by atoms with Crippen LogP contribution in [-0.4, -0.2) is 42.3 Å². The summed E-state index contributed by atoms with van der Waals surface area (Å²) in [5.41, 5.74) is 7.07. The Labute approximate surface area is 249 Å². The van der Waals surface area contributed by atoms with Gasteiger partial charge in [-0.15, -0.1) is 11.3 Å². The quantitative estimate of drug-likeness (QED) is 0.209. The molecule has 0 bridgehead atoms. The molecule has 2 aliphatic rings. The maximum absolute atomic E-state index is 16.4. The largest absolute Gasteiger partial charge is 0.336 e. The average molecular weight is 595 g/mol. The molecule has 1 aliphatic heterocycles. The third kappa shape index (κ3) is 5.07. The number of hydrazone groups is 1. The highest BCUT2D eigenvalue weighted by molar-refractivity contribution is 7.17. The van der Waals surface area contributed by atoms with Crippen molar-refractivity contribution in [3.63, 3.8) is 0 Å². The zero-order valence-corrected chi connectivity index (χ0v) is 24.1. The van der Waals surface area contributed by atoms with Gasteiger partial charge in [-0.1, -0.05) is 19.3 Å². The fraction of sp³-hybridized carbons (Fsp3) is 0.258. The maximum Gasteiger partial charge on any atom is 0.227 e. The first kappa shape index (κ1) is 27.0. The number of hydrogen-bond donors (Lipinski definition) is 3. The van der Waals surface area contributed by atoms with Gasteiger partial charge in [-0.05, 0) is 44.0 Å². The molecule has 1 fully saturated rings. The number of rotatable bonds is 6. The first-order valence-corrected chi connectivity index (χ1v) is 15.0. The Kier molecular flexibility index (Phi) is 6.98. The SMILES string of the molecule is CC(=O)c1ccc(-c2nccc3[nH]c(C4=NNCc5ncc(-c6cncc(NC(=O)C7CCCCC7)c6)c(F)c54)nc23)s1. The van der Waals surface area contributed by atoms with Crippen molar-refractivity contribution >= 4 is 45.5 Å². The lowest BCUT2D eigenvalue weighted by Gasteiger charge is -2.21. The van der Waals surface area contributed by atoms with Gasteiger partial charge in [-0.2, -0.15) is 5.10 Å². The van der Waals surface area contributed by atoms with Crippen LogP contribution < -0.4 is 10.7 Å². The molecule has 0 aromatic carbocycles. The summed E-state index contributed by atoms with van der Waals surface area (Å²) in [6, 6.07) is 7.13. The predicted molar refractivity (Wildman–Crippen MR) is 162 cm³/mol. The Hall–Kier alpha value is -4.84. The highest BCUT2D eigenvalue weighted by atomic mass is 32.1. The second kappa shape index (κ2) is 11.1. The van der Waals surface area contributed by atoms with Gasteiger partial charge in [0.1, 0.15) is 22.7 Å². The predicted octanol–water partition coefficient (Wildman–Crippen LogP) is 5.86. The second-order valence-corrected chi connectivity index (χ2v) is 11.8. The molecular weight excluding hydrogens is 567 g/mol. The van der Waals surface area contributed by atoms with Crippen LogP contribution in [0.3, 0.4) is 0 Å². The summed E-state index contributed by atoms with van der Waals surface area (Å²) in [6.45, 7) is 1.78. The fourth-order valence-corrected chi connectivity index (χ4v) is 6.57. The third-order valence-corrected chi connectivity index (χ3v) is 9.07. The van der Waals surface area contributed by atoms with Gasteiger partial charge in [0.25, 0.3) is 0 Å². The first-order valence-electron chi connectivity index (χ1n) is 14.2. The third-order valence-electron chi connectivity index (χ3n) is 7.87. The Bertz CT molecular complexity index is 1920. The highest BCUT2D eigenvalue weighted by Gasteiger charge is 2.28. The minimum atomic E-state index is -0.508. The number of halogens is 1. The summed E-state index contributed by atoms with van der Waals surface area (Å²) in [5, 5.41) is 7.39. The molecule has 0 spiro atoms. The average Bonchev–Trinajstić information content (AvgIpc) is 3.70. The van der Waals surface area contributed by atoms with E-state index in [1.54, 1.807) is 36.8 Å². The van der Waals surface area contributed by atoms with E-state index in [0.717, 1.165) is 37.0 Å². The van der Waals surface area contributed by atoms with Crippen molar-refractivity contribution in [1.82, 2.24) is 30.3 Å². The van der Waals surface area contributed by atoms with E-state index in [1.165, 1.54) is 24.5 Å². The summed E-state index contributed by atoms with van der Waals surface area (Å²) in [6.07, 6.45) is 11.3. The summed E-state index contributed by atoms with van der Waals surface area (Å²) < 4.78 is 16.4. The van der Waals surface area contributed by atoms with Gasteiger partial charge in [0.05, 0.1) is 45.0 Å². The molecule has 12 heteroatoms. The van der Waals surface area contributed by atoms with Crippen molar-refractivity contribution in [1.29, 1.82) is 0 Å².